The highest BCUT2D eigenvalue weighted by molar-refractivity contribution is 5.99. The van der Waals surface area contributed by atoms with Crippen molar-refractivity contribution in [3.8, 4) is 5.75 Å². The van der Waals surface area contributed by atoms with Crippen molar-refractivity contribution in [3.63, 3.8) is 0 Å². The van der Waals surface area contributed by atoms with Gasteiger partial charge in [0.15, 0.2) is 5.78 Å². The van der Waals surface area contributed by atoms with E-state index in [2.05, 4.69) is 0 Å². The number of Topliss-reactive ketones (excluding diaryl/α,β-unsaturated/α-hetero) is 1. The molecule has 2 aliphatic rings. The Kier molecular flexibility index (Phi) is 4.37. The largest absolute Gasteiger partial charge is 0.508 e. The molecule has 0 aromatic heterocycles. The molecule has 1 fully saturated rings. The number of benzene rings is 1. The Balaban J connectivity index is 0.000000202. The quantitative estimate of drug-likeness (QED) is 0.767. The SMILES string of the molecule is C1CCOC1.Cc1c(O)ccc2c1CCCC2=O. The van der Waals surface area contributed by atoms with Gasteiger partial charge in [-0.2, -0.15) is 0 Å². The third-order valence-electron chi connectivity index (χ3n) is 3.53. The van der Waals surface area contributed by atoms with Crippen LogP contribution in [0.5, 0.6) is 5.75 Å². The fourth-order valence-corrected chi connectivity index (χ4v) is 2.40. The smallest absolute Gasteiger partial charge is 0.163 e. The second-order valence-electron chi connectivity index (χ2n) is 4.83. The minimum absolute atomic E-state index is 0.212. The number of phenolic OH excluding ortho intramolecular Hbond substituents is 1. The lowest BCUT2D eigenvalue weighted by atomic mass is 9.87. The number of carbonyl (C=O) groups is 1. The lowest BCUT2D eigenvalue weighted by Crippen LogP contribution is -2.11. The predicted octanol–water partition coefficient (Wildman–Crippen LogP) is 3.02. The molecule has 0 atom stereocenters. The van der Waals surface area contributed by atoms with Gasteiger partial charge in [0, 0.05) is 25.2 Å². The number of hydrogen-bond donors (Lipinski definition) is 1. The van der Waals surface area contributed by atoms with E-state index < -0.39 is 0 Å². The highest BCUT2D eigenvalue weighted by Crippen LogP contribution is 2.29. The van der Waals surface area contributed by atoms with Crippen molar-refractivity contribution in [2.24, 2.45) is 0 Å². The molecule has 0 saturated carbocycles. The summed E-state index contributed by atoms with van der Waals surface area (Å²) in [5, 5.41) is 9.45. The highest BCUT2D eigenvalue weighted by Gasteiger charge is 2.19. The summed E-state index contributed by atoms with van der Waals surface area (Å²) in [6.45, 7) is 3.87. The molecule has 1 heterocycles. The first-order valence-corrected chi connectivity index (χ1v) is 6.62. The highest BCUT2D eigenvalue weighted by atomic mass is 16.5. The minimum Gasteiger partial charge on any atom is -0.508 e. The Bertz CT molecular complexity index is 426. The Morgan fingerprint density at radius 1 is 1.11 bits per heavy atom. The van der Waals surface area contributed by atoms with E-state index in [0.717, 1.165) is 42.7 Å². The molecule has 1 aromatic carbocycles. The summed E-state index contributed by atoms with van der Waals surface area (Å²) >= 11 is 0. The van der Waals surface area contributed by atoms with Crippen LogP contribution in [0.1, 0.15) is 47.2 Å². The number of ketones is 1. The maximum atomic E-state index is 11.5. The maximum Gasteiger partial charge on any atom is 0.163 e. The van der Waals surface area contributed by atoms with Crippen LogP contribution in [0.3, 0.4) is 0 Å². The van der Waals surface area contributed by atoms with Crippen LogP contribution in [0.2, 0.25) is 0 Å². The van der Waals surface area contributed by atoms with Crippen molar-refractivity contribution >= 4 is 5.78 Å². The zero-order valence-electron chi connectivity index (χ0n) is 10.9. The van der Waals surface area contributed by atoms with Crippen molar-refractivity contribution in [2.75, 3.05) is 13.2 Å². The number of hydrogen-bond acceptors (Lipinski definition) is 3. The molecular formula is C15H20O3. The summed E-state index contributed by atoms with van der Waals surface area (Å²) in [5.41, 5.74) is 2.71. The topological polar surface area (TPSA) is 46.5 Å². The summed E-state index contributed by atoms with van der Waals surface area (Å²) in [5.74, 6) is 0.512. The number of aromatic hydroxyl groups is 1. The lowest BCUT2D eigenvalue weighted by molar-refractivity contribution is 0.0972. The first kappa shape index (κ1) is 13.1. The van der Waals surface area contributed by atoms with Gasteiger partial charge >= 0.3 is 0 Å². The Morgan fingerprint density at radius 2 is 1.83 bits per heavy atom. The molecule has 1 aliphatic heterocycles. The Hall–Kier alpha value is -1.35. The van der Waals surface area contributed by atoms with E-state index in [4.69, 9.17) is 4.74 Å². The molecule has 3 heteroatoms. The number of fused-ring (bicyclic) bond motifs is 1. The summed E-state index contributed by atoms with van der Waals surface area (Å²) in [4.78, 5) is 11.5. The van der Waals surface area contributed by atoms with Crippen LogP contribution in [0.4, 0.5) is 0 Å². The van der Waals surface area contributed by atoms with E-state index in [0.29, 0.717) is 12.2 Å². The van der Waals surface area contributed by atoms with E-state index in [1.807, 2.05) is 6.92 Å². The summed E-state index contributed by atoms with van der Waals surface area (Å²) in [7, 11) is 0. The normalized spacial score (nSPS) is 17.9. The van der Waals surface area contributed by atoms with Crippen LogP contribution in [0.25, 0.3) is 0 Å². The maximum absolute atomic E-state index is 11.5. The van der Waals surface area contributed by atoms with Crippen LogP contribution in [-0.4, -0.2) is 24.1 Å². The van der Waals surface area contributed by atoms with Gasteiger partial charge in [-0.25, -0.2) is 0 Å². The number of carbonyl (C=O) groups excluding carboxylic acids is 1. The third-order valence-corrected chi connectivity index (χ3v) is 3.53. The standard InChI is InChI=1S/C11H12O2.C4H8O/c1-7-8-3-2-4-11(13)9(8)5-6-10(7)12;1-2-4-5-3-1/h5-6,12H,2-4H2,1H3;1-4H2. The Labute approximate surface area is 108 Å². The summed E-state index contributed by atoms with van der Waals surface area (Å²) in [6, 6.07) is 3.34. The molecule has 1 aliphatic carbocycles. The van der Waals surface area contributed by atoms with Crippen LogP contribution in [-0.2, 0) is 11.2 Å². The molecule has 0 bridgehead atoms. The molecule has 0 spiro atoms. The predicted molar refractivity (Wildman–Crippen MR) is 70.2 cm³/mol. The summed E-state index contributed by atoms with van der Waals surface area (Å²) in [6.07, 6.45) is 5.04. The number of ether oxygens (including phenoxy) is 1. The van der Waals surface area contributed by atoms with E-state index >= 15 is 0 Å². The minimum atomic E-state index is 0.212. The molecule has 3 rings (SSSR count). The van der Waals surface area contributed by atoms with Gasteiger partial charge in [0.25, 0.3) is 0 Å². The molecule has 0 radical (unpaired) electrons. The van der Waals surface area contributed by atoms with Crippen molar-refractivity contribution in [1.29, 1.82) is 0 Å². The van der Waals surface area contributed by atoms with Crippen LogP contribution in [0.15, 0.2) is 12.1 Å². The zero-order valence-corrected chi connectivity index (χ0v) is 10.9. The average molecular weight is 248 g/mol. The molecule has 1 N–H and O–H groups in total. The van der Waals surface area contributed by atoms with Gasteiger partial charge in [0.2, 0.25) is 0 Å². The lowest BCUT2D eigenvalue weighted by Gasteiger charge is -2.17. The van der Waals surface area contributed by atoms with Crippen LogP contribution >= 0.6 is 0 Å². The average Bonchev–Trinajstić information content (AvgIpc) is 2.94. The van der Waals surface area contributed by atoms with Crippen molar-refractivity contribution in [3.05, 3.63) is 28.8 Å². The van der Waals surface area contributed by atoms with Gasteiger partial charge < -0.3 is 9.84 Å². The molecule has 18 heavy (non-hydrogen) atoms. The molecular weight excluding hydrogens is 228 g/mol. The monoisotopic (exact) mass is 248 g/mol. The fourth-order valence-electron chi connectivity index (χ4n) is 2.40. The van der Waals surface area contributed by atoms with Gasteiger partial charge in [0.1, 0.15) is 5.75 Å². The van der Waals surface area contributed by atoms with Gasteiger partial charge in [-0.15, -0.1) is 0 Å². The van der Waals surface area contributed by atoms with Gasteiger partial charge in [-0.05, 0) is 55.9 Å². The van der Waals surface area contributed by atoms with E-state index in [1.165, 1.54) is 12.8 Å². The van der Waals surface area contributed by atoms with Gasteiger partial charge in [-0.1, -0.05) is 0 Å². The number of rotatable bonds is 0. The fraction of sp³-hybridized carbons (Fsp3) is 0.533. The van der Waals surface area contributed by atoms with Gasteiger partial charge in [-0.3, -0.25) is 4.79 Å². The van der Waals surface area contributed by atoms with Crippen LogP contribution in [0, 0.1) is 6.92 Å². The molecule has 1 saturated heterocycles. The van der Waals surface area contributed by atoms with E-state index in [1.54, 1.807) is 12.1 Å². The second-order valence-corrected chi connectivity index (χ2v) is 4.83. The molecule has 0 amide bonds. The Morgan fingerprint density at radius 3 is 2.44 bits per heavy atom. The van der Waals surface area contributed by atoms with Crippen molar-refractivity contribution in [2.45, 2.75) is 39.0 Å². The van der Waals surface area contributed by atoms with Crippen LogP contribution < -0.4 is 0 Å². The first-order valence-electron chi connectivity index (χ1n) is 6.62. The molecule has 3 nitrogen and oxygen atoms in total. The summed E-state index contributed by atoms with van der Waals surface area (Å²) < 4.78 is 4.94. The van der Waals surface area contributed by atoms with Gasteiger partial charge in [0.05, 0.1) is 0 Å². The first-order chi connectivity index (χ1) is 8.70. The molecule has 1 aromatic rings. The van der Waals surface area contributed by atoms with Crippen molar-refractivity contribution < 1.29 is 14.6 Å². The van der Waals surface area contributed by atoms with E-state index in [-0.39, 0.29) is 5.78 Å². The number of phenols is 1. The van der Waals surface area contributed by atoms with Crippen molar-refractivity contribution in [1.82, 2.24) is 0 Å². The molecule has 98 valence electrons. The van der Waals surface area contributed by atoms with E-state index in [9.17, 15) is 9.90 Å². The third kappa shape index (κ3) is 2.91. The zero-order chi connectivity index (χ0) is 13.0. The molecule has 0 unspecified atom stereocenters. The second kappa shape index (κ2) is 6.01.